The molecule has 1 aliphatic rings. The number of carbonyl (C=O) groups excluding carboxylic acids is 2. The van der Waals surface area contributed by atoms with Gasteiger partial charge in [-0.3, -0.25) is 14.6 Å². The minimum atomic E-state index is -0.585. The molecule has 2 aromatic rings. The van der Waals surface area contributed by atoms with E-state index in [9.17, 15) is 9.59 Å². The summed E-state index contributed by atoms with van der Waals surface area (Å²) in [5, 5.41) is 4.69. The first-order chi connectivity index (χ1) is 9.77. The van der Waals surface area contributed by atoms with Gasteiger partial charge in [-0.05, 0) is 11.4 Å². The van der Waals surface area contributed by atoms with Gasteiger partial charge in [-0.2, -0.15) is 0 Å². The highest BCUT2D eigenvalue weighted by atomic mass is 32.1. The second-order valence-electron chi connectivity index (χ2n) is 4.30. The van der Waals surface area contributed by atoms with Gasteiger partial charge in [-0.15, -0.1) is 11.3 Å². The molecule has 0 spiro atoms. The average molecular weight is 288 g/mol. The van der Waals surface area contributed by atoms with Crippen LogP contribution in [0.1, 0.15) is 21.4 Å². The van der Waals surface area contributed by atoms with Crippen LogP contribution in [0.25, 0.3) is 0 Å². The van der Waals surface area contributed by atoms with E-state index in [-0.39, 0.29) is 17.5 Å². The molecule has 1 N–H and O–H groups in total. The van der Waals surface area contributed by atoms with Gasteiger partial charge in [-0.25, -0.2) is 4.98 Å². The Hall–Kier alpha value is -2.28. The summed E-state index contributed by atoms with van der Waals surface area (Å²) in [6.45, 7) is 0.913. The molecule has 6 nitrogen and oxygen atoms in total. The van der Waals surface area contributed by atoms with Gasteiger partial charge in [-0.1, -0.05) is 6.07 Å². The molecule has 0 aliphatic carbocycles. The number of piperazine rings is 1. The fraction of sp³-hybridized carbons (Fsp3) is 0.231. The molecule has 0 aromatic carbocycles. The maximum absolute atomic E-state index is 12.5. The third-order valence-electron chi connectivity index (χ3n) is 3.07. The number of nitrogens with one attached hydrogen (secondary N) is 1. The highest BCUT2D eigenvalue weighted by molar-refractivity contribution is 7.10. The molecular formula is C13H12N4O2S. The lowest BCUT2D eigenvalue weighted by Gasteiger charge is -2.34. The fourth-order valence-electron chi connectivity index (χ4n) is 2.17. The third-order valence-corrected chi connectivity index (χ3v) is 3.99. The number of hydrogen-bond acceptors (Lipinski definition) is 5. The van der Waals surface area contributed by atoms with Gasteiger partial charge >= 0.3 is 0 Å². The Labute approximate surface area is 119 Å². The zero-order valence-electron chi connectivity index (χ0n) is 10.5. The Morgan fingerprint density at radius 2 is 2.35 bits per heavy atom. The quantitative estimate of drug-likeness (QED) is 0.889. The third kappa shape index (κ3) is 2.27. The molecule has 2 amide bonds. The molecule has 1 fully saturated rings. The molecule has 1 aliphatic heterocycles. The van der Waals surface area contributed by atoms with Gasteiger partial charge in [0.05, 0.1) is 6.20 Å². The number of aromatic nitrogens is 2. The van der Waals surface area contributed by atoms with Crippen molar-refractivity contribution in [3.05, 3.63) is 46.7 Å². The Bertz CT molecular complexity index is 615. The van der Waals surface area contributed by atoms with Gasteiger partial charge in [0, 0.05) is 30.4 Å². The lowest BCUT2D eigenvalue weighted by molar-refractivity contribution is -0.127. The first kappa shape index (κ1) is 12.7. The van der Waals surface area contributed by atoms with E-state index in [0.29, 0.717) is 13.1 Å². The van der Waals surface area contributed by atoms with Crippen molar-refractivity contribution in [2.45, 2.75) is 6.04 Å². The smallest absolute Gasteiger partial charge is 0.275 e. The van der Waals surface area contributed by atoms with Crippen molar-refractivity contribution in [2.24, 2.45) is 0 Å². The summed E-state index contributed by atoms with van der Waals surface area (Å²) in [6, 6.07) is 3.14. The molecular weight excluding hydrogens is 276 g/mol. The van der Waals surface area contributed by atoms with E-state index >= 15 is 0 Å². The second kappa shape index (κ2) is 5.38. The summed E-state index contributed by atoms with van der Waals surface area (Å²) in [7, 11) is 0. The highest BCUT2D eigenvalue weighted by Gasteiger charge is 2.35. The predicted octanol–water partition coefficient (Wildman–Crippen LogP) is 0.851. The summed E-state index contributed by atoms with van der Waals surface area (Å²) in [6.07, 6.45) is 4.40. The summed E-state index contributed by atoms with van der Waals surface area (Å²) in [4.78, 5) is 34.9. The molecule has 2 aromatic heterocycles. The number of thiophene rings is 1. The predicted molar refractivity (Wildman–Crippen MR) is 73.1 cm³/mol. The first-order valence-corrected chi connectivity index (χ1v) is 7.03. The zero-order chi connectivity index (χ0) is 13.9. The van der Waals surface area contributed by atoms with E-state index in [1.807, 2.05) is 17.5 Å². The van der Waals surface area contributed by atoms with E-state index in [1.54, 1.807) is 4.90 Å². The van der Waals surface area contributed by atoms with E-state index in [0.717, 1.165) is 4.88 Å². The van der Waals surface area contributed by atoms with Crippen LogP contribution in [-0.4, -0.2) is 39.8 Å². The van der Waals surface area contributed by atoms with Crippen LogP contribution in [0.15, 0.2) is 36.1 Å². The van der Waals surface area contributed by atoms with E-state index in [2.05, 4.69) is 15.3 Å². The standard InChI is InChI=1S/C13H12N4O2S/c18-12-11(10-2-1-7-20-10)17(6-5-16-12)13(19)9-8-14-3-4-15-9/h1-4,7-8,11H,5-6H2,(H,16,18)/t11-/m1/s1. The number of amides is 2. The Kier molecular flexibility index (Phi) is 3.42. The van der Waals surface area contributed by atoms with E-state index in [1.165, 1.54) is 29.9 Å². The van der Waals surface area contributed by atoms with E-state index < -0.39 is 6.04 Å². The van der Waals surface area contributed by atoms with Crippen molar-refractivity contribution in [3.63, 3.8) is 0 Å². The van der Waals surface area contributed by atoms with Gasteiger partial charge in [0.15, 0.2) is 0 Å². The lowest BCUT2D eigenvalue weighted by Crippen LogP contribution is -2.52. The Morgan fingerprint density at radius 3 is 3.05 bits per heavy atom. The maximum Gasteiger partial charge on any atom is 0.275 e. The second-order valence-corrected chi connectivity index (χ2v) is 5.28. The topological polar surface area (TPSA) is 75.2 Å². The Balaban J connectivity index is 1.93. The maximum atomic E-state index is 12.5. The van der Waals surface area contributed by atoms with Crippen molar-refractivity contribution in [2.75, 3.05) is 13.1 Å². The van der Waals surface area contributed by atoms with Crippen LogP contribution in [0.4, 0.5) is 0 Å². The SMILES string of the molecule is O=C1NCCN(C(=O)c2cnccn2)[C@@H]1c1cccs1. The van der Waals surface area contributed by atoms with Crippen LogP contribution in [-0.2, 0) is 4.79 Å². The van der Waals surface area contributed by atoms with Crippen LogP contribution in [0.5, 0.6) is 0 Å². The van der Waals surface area contributed by atoms with Gasteiger partial charge in [0.2, 0.25) is 5.91 Å². The van der Waals surface area contributed by atoms with Crippen molar-refractivity contribution >= 4 is 23.2 Å². The normalized spacial score (nSPS) is 18.7. The molecule has 3 heterocycles. The molecule has 0 radical (unpaired) electrons. The van der Waals surface area contributed by atoms with Crippen molar-refractivity contribution in [1.29, 1.82) is 0 Å². The van der Waals surface area contributed by atoms with Crippen LogP contribution in [0, 0.1) is 0 Å². The minimum absolute atomic E-state index is 0.157. The molecule has 0 bridgehead atoms. The highest BCUT2D eigenvalue weighted by Crippen LogP contribution is 2.28. The monoisotopic (exact) mass is 288 g/mol. The average Bonchev–Trinajstić information content (AvgIpc) is 3.01. The largest absolute Gasteiger partial charge is 0.352 e. The molecule has 0 saturated carbocycles. The number of hydrogen-bond donors (Lipinski definition) is 1. The minimum Gasteiger partial charge on any atom is -0.352 e. The number of nitrogens with zero attached hydrogens (tertiary/aromatic N) is 3. The van der Waals surface area contributed by atoms with Crippen LogP contribution in [0.3, 0.4) is 0 Å². The van der Waals surface area contributed by atoms with Crippen LogP contribution in [0.2, 0.25) is 0 Å². The Morgan fingerprint density at radius 1 is 1.45 bits per heavy atom. The lowest BCUT2D eigenvalue weighted by atomic mass is 10.1. The van der Waals surface area contributed by atoms with Crippen LogP contribution >= 0.6 is 11.3 Å². The first-order valence-electron chi connectivity index (χ1n) is 6.15. The molecule has 1 saturated heterocycles. The summed E-state index contributed by atoms with van der Waals surface area (Å²) >= 11 is 1.46. The molecule has 102 valence electrons. The van der Waals surface area contributed by atoms with Gasteiger partial charge in [0.25, 0.3) is 5.91 Å². The van der Waals surface area contributed by atoms with E-state index in [4.69, 9.17) is 0 Å². The molecule has 20 heavy (non-hydrogen) atoms. The van der Waals surface area contributed by atoms with Crippen molar-refractivity contribution < 1.29 is 9.59 Å². The summed E-state index contributed by atoms with van der Waals surface area (Å²) in [5.74, 6) is -0.428. The van der Waals surface area contributed by atoms with Gasteiger partial charge < -0.3 is 10.2 Å². The van der Waals surface area contributed by atoms with Crippen LogP contribution < -0.4 is 5.32 Å². The van der Waals surface area contributed by atoms with Crippen molar-refractivity contribution in [3.8, 4) is 0 Å². The van der Waals surface area contributed by atoms with Gasteiger partial charge in [0.1, 0.15) is 11.7 Å². The molecule has 1 atom stereocenters. The summed E-state index contributed by atoms with van der Waals surface area (Å²) < 4.78 is 0. The fourth-order valence-corrected chi connectivity index (χ4v) is 3.01. The zero-order valence-corrected chi connectivity index (χ0v) is 11.3. The molecule has 3 rings (SSSR count). The van der Waals surface area contributed by atoms with Crippen molar-refractivity contribution in [1.82, 2.24) is 20.2 Å². The number of rotatable bonds is 2. The number of carbonyl (C=O) groups is 2. The summed E-state index contributed by atoms with van der Waals surface area (Å²) in [5.41, 5.74) is 0.253. The molecule has 7 heteroatoms. The molecule has 0 unspecified atom stereocenters.